The van der Waals surface area contributed by atoms with Crippen molar-refractivity contribution in [3.8, 4) is 5.69 Å². The number of nitrogens with zero attached hydrogens (tertiary/aromatic N) is 2. The summed E-state index contributed by atoms with van der Waals surface area (Å²) >= 11 is 3.34. The second-order valence-electron chi connectivity index (χ2n) is 4.59. The molecule has 1 heterocycles. The molecule has 21 heavy (non-hydrogen) atoms. The summed E-state index contributed by atoms with van der Waals surface area (Å²) in [5.41, 5.74) is 3.03. The second-order valence-corrected chi connectivity index (χ2v) is 5.45. The Morgan fingerprint density at radius 1 is 1.14 bits per heavy atom. The third-order valence-corrected chi connectivity index (χ3v) is 3.78. The standard InChI is InChI=1S/C16H13BrFN3/c17-15-10-13(18)4-7-16(15)19-11-12-2-5-14(6-3-12)21-9-1-8-20-21/h1-10,19H,11H2. The van der Waals surface area contributed by atoms with E-state index in [1.54, 1.807) is 12.3 Å². The average Bonchev–Trinajstić information content (AvgIpc) is 3.01. The molecule has 1 N–H and O–H groups in total. The van der Waals surface area contributed by atoms with Crippen LogP contribution in [0.4, 0.5) is 10.1 Å². The van der Waals surface area contributed by atoms with Crippen LogP contribution in [0.2, 0.25) is 0 Å². The molecule has 0 saturated carbocycles. The fraction of sp³-hybridized carbons (Fsp3) is 0.0625. The Morgan fingerprint density at radius 3 is 2.62 bits per heavy atom. The Bertz CT molecular complexity index is 724. The minimum Gasteiger partial charge on any atom is -0.380 e. The summed E-state index contributed by atoms with van der Waals surface area (Å²) in [5, 5.41) is 7.46. The zero-order valence-electron chi connectivity index (χ0n) is 11.1. The lowest BCUT2D eigenvalue weighted by molar-refractivity contribution is 0.627. The highest BCUT2D eigenvalue weighted by molar-refractivity contribution is 9.10. The predicted octanol–water partition coefficient (Wildman–Crippen LogP) is 4.39. The van der Waals surface area contributed by atoms with Crippen LogP contribution in [0.25, 0.3) is 5.69 Å². The third-order valence-electron chi connectivity index (χ3n) is 3.12. The van der Waals surface area contributed by atoms with Gasteiger partial charge in [-0.25, -0.2) is 9.07 Å². The molecule has 2 aromatic carbocycles. The summed E-state index contributed by atoms with van der Waals surface area (Å²) in [6.45, 7) is 0.670. The Hall–Kier alpha value is -2.14. The Balaban J connectivity index is 1.68. The number of hydrogen-bond donors (Lipinski definition) is 1. The molecule has 0 bridgehead atoms. The van der Waals surface area contributed by atoms with Crippen LogP contribution in [-0.2, 0) is 6.54 Å². The minimum absolute atomic E-state index is 0.254. The van der Waals surface area contributed by atoms with E-state index in [1.807, 2.05) is 41.2 Å². The molecule has 0 radical (unpaired) electrons. The molecule has 0 saturated heterocycles. The van der Waals surface area contributed by atoms with Crippen molar-refractivity contribution in [3.63, 3.8) is 0 Å². The molecular formula is C16H13BrFN3. The van der Waals surface area contributed by atoms with E-state index in [0.717, 1.165) is 21.4 Å². The van der Waals surface area contributed by atoms with E-state index in [2.05, 4.69) is 26.3 Å². The van der Waals surface area contributed by atoms with Gasteiger partial charge in [-0.3, -0.25) is 0 Å². The van der Waals surface area contributed by atoms with Crippen molar-refractivity contribution in [1.82, 2.24) is 9.78 Å². The topological polar surface area (TPSA) is 29.9 Å². The lowest BCUT2D eigenvalue weighted by Crippen LogP contribution is -2.01. The highest BCUT2D eigenvalue weighted by Gasteiger charge is 2.02. The van der Waals surface area contributed by atoms with Crippen molar-refractivity contribution in [2.24, 2.45) is 0 Å². The molecular weight excluding hydrogens is 333 g/mol. The number of hydrogen-bond acceptors (Lipinski definition) is 2. The molecule has 5 heteroatoms. The van der Waals surface area contributed by atoms with Crippen LogP contribution in [0, 0.1) is 5.82 Å². The summed E-state index contributed by atoms with van der Waals surface area (Å²) in [4.78, 5) is 0. The van der Waals surface area contributed by atoms with Crippen molar-refractivity contribution in [2.75, 3.05) is 5.32 Å². The quantitative estimate of drug-likeness (QED) is 0.760. The monoisotopic (exact) mass is 345 g/mol. The van der Waals surface area contributed by atoms with Crippen molar-refractivity contribution >= 4 is 21.6 Å². The molecule has 0 amide bonds. The van der Waals surface area contributed by atoms with Crippen LogP contribution in [0.1, 0.15) is 5.56 Å². The van der Waals surface area contributed by atoms with Gasteiger partial charge >= 0.3 is 0 Å². The lowest BCUT2D eigenvalue weighted by atomic mass is 10.2. The summed E-state index contributed by atoms with van der Waals surface area (Å²) in [6, 6.07) is 14.6. The highest BCUT2D eigenvalue weighted by atomic mass is 79.9. The molecule has 0 aliphatic rings. The molecule has 3 aromatic rings. The number of aromatic nitrogens is 2. The molecule has 0 fully saturated rings. The van der Waals surface area contributed by atoms with Gasteiger partial charge in [0.1, 0.15) is 5.82 Å². The van der Waals surface area contributed by atoms with Crippen molar-refractivity contribution in [3.05, 3.63) is 76.8 Å². The Kier molecular flexibility index (Phi) is 4.01. The van der Waals surface area contributed by atoms with Gasteiger partial charge < -0.3 is 5.32 Å². The van der Waals surface area contributed by atoms with Gasteiger partial charge in [0, 0.05) is 29.1 Å². The van der Waals surface area contributed by atoms with Gasteiger partial charge in [-0.2, -0.15) is 5.10 Å². The van der Waals surface area contributed by atoms with Crippen LogP contribution in [0.15, 0.2) is 65.4 Å². The molecule has 0 spiro atoms. The highest BCUT2D eigenvalue weighted by Crippen LogP contribution is 2.23. The van der Waals surface area contributed by atoms with E-state index >= 15 is 0 Å². The summed E-state index contributed by atoms with van der Waals surface area (Å²) < 4.78 is 15.6. The number of anilines is 1. The maximum absolute atomic E-state index is 13.0. The molecule has 0 unspecified atom stereocenters. The van der Waals surface area contributed by atoms with E-state index in [-0.39, 0.29) is 5.82 Å². The van der Waals surface area contributed by atoms with Gasteiger partial charge in [-0.05, 0) is 57.9 Å². The molecule has 0 aliphatic carbocycles. The van der Waals surface area contributed by atoms with Crippen LogP contribution >= 0.6 is 15.9 Å². The third kappa shape index (κ3) is 3.31. The van der Waals surface area contributed by atoms with Gasteiger partial charge in [0.2, 0.25) is 0 Å². The summed E-state index contributed by atoms with van der Waals surface area (Å²) in [6.07, 6.45) is 3.66. The molecule has 3 nitrogen and oxygen atoms in total. The van der Waals surface area contributed by atoms with Crippen LogP contribution < -0.4 is 5.32 Å². The average molecular weight is 346 g/mol. The summed E-state index contributed by atoms with van der Waals surface area (Å²) in [5.74, 6) is -0.254. The number of nitrogens with one attached hydrogen (secondary N) is 1. The largest absolute Gasteiger partial charge is 0.380 e. The Morgan fingerprint density at radius 2 is 1.95 bits per heavy atom. The first-order valence-electron chi connectivity index (χ1n) is 6.50. The minimum atomic E-state index is -0.254. The molecule has 106 valence electrons. The fourth-order valence-corrected chi connectivity index (χ4v) is 2.51. The van der Waals surface area contributed by atoms with Gasteiger partial charge in [-0.15, -0.1) is 0 Å². The zero-order valence-corrected chi connectivity index (χ0v) is 12.7. The van der Waals surface area contributed by atoms with Crippen LogP contribution in [-0.4, -0.2) is 9.78 Å². The predicted molar refractivity (Wildman–Crippen MR) is 85.0 cm³/mol. The van der Waals surface area contributed by atoms with E-state index in [9.17, 15) is 4.39 Å². The van der Waals surface area contributed by atoms with Crippen molar-refractivity contribution < 1.29 is 4.39 Å². The number of rotatable bonds is 4. The SMILES string of the molecule is Fc1ccc(NCc2ccc(-n3cccn3)cc2)c(Br)c1. The molecule has 3 rings (SSSR count). The number of benzene rings is 2. The second kappa shape index (κ2) is 6.10. The lowest BCUT2D eigenvalue weighted by Gasteiger charge is -2.09. The first kappa shape index (κ1) is 13.8. The van der Waals surface area contributed by atoms with Gasteiger partial charge in [0.25, 0.3) is 0 Å². The van der Waals surface area contributed by atoms with E-state index in [0.29, 0.717) is 6.54 Å². The van der Waals surface area contributed by atoms with Crippen molar-refractivity contribution in [1.29, 1.82) is 0 Å². The van der Waals surface area contributed by atoms with E-state index in [1.165, 1.54) is 12.1 Å². The van der Waals surface area contributed by atoms with Gasteiger partial charge in [0.15, 0.2) is 0 Å². The Labute approximate surface area is 130 Å². The zero-order chi connectivity index (χ0) is 14.7. The van der Waals surface area contributed by atoms with Gasteiger partial charge in [-0.1, -0.05) is 12.1 Å². The van der Waals surface area contributed by atoms with E-state index < -0.39 is 0 Å². The van der Waals surface area contributed by atoms with E-state index in [4.69, 9.17) is 0 Å². The van der Waals surface area contributed by atoms with Crippen LogP contribution in [0.3, 0.4) is 0 Å². The molecule has 1 aromatic heterocycles. The van der Waals surface area contributed by atoms with Gasteiger partial charge in [0.05, 0.1) is 5.69 Å². The smallest absolute Gasteiger partial charge is 0.124 e. The number of halogens is 2. The molecule has 0 aliphatic heterocycles. The first-order chi connectivity index (χ1) is 10.2. The normalized spacial score (nSPS) is 10.6. The summed E-state index contributed by atoms with van der Waals surface area (Å²) in [7, 11) is 0. The first-order valence-corrected chi connectivity index (χ1v) is 7.29. The maximum atomic E-state index is 13.0. The molecule has 0 atom stereocenters. The fourth-order valence-electron chi connectivity index (χ4n) is 2.02. The maximum Gasteiger partial charge on any atom is 0.124 e. The van der Waals surface area contributed by atoms with Crippen LogP contribution in [0.5, 0.6) is 0 Å². The van der Waals surface area contributed by atoms with Crippen molar-refractivity contribution in [2.45, 2.75) is 6.54 Å².